The molecule has 0 spiro atoms. The fourth-order valence-corrected chi connectivity index (χ4v) is 5.24. The number of H-pyrrole nitrogens is 2. The number of rotatable bonds is 4. The van der Waals surface area contributed by atoms with Gasteiger partial charge in [-0.2, -0.15) is 0 Å². The van der Waals surface area contributed by atoms with Crippen LogP contribution in [0.3, 0.4) is 0 Å². The Kier molecular flexibility index (Phi) is 4.95. The second-order valence-electron chi connectivity index (χ2n) is 8.71. The van der Waals surface area contributed by atoms with E-state index in [1.54, 1.807) is 0 Å². The van der Waals surface area contributed by atoms with Crippen LogP contribution in [0.25, 0.3) is 43.6 Å². The maximum atomic E-state index is 6.48. The van der Waals surface area contributed by atoms with Crippen molar-refractivity contribution in [3.05, 3.63) is 52.5 Å². The van der Waals surface area contributed by atoms with Gasteiger partial charge in [-0.3, -0.25) is 4.90 Å². The molecule has 0 aliphatic carbocycles. The number of aromatic amines is 2. The largest absolute Gasteiger partial charge is 0.488 e. The number of hydrogen-bond acceptors (Lipinski definition) is 3. The molecule has 1 fully saturated rings. The van der Waals surface area contributed by atoms with Crippen molar-refractivity contribution in [2.24, 2.45) is 5.73 Å². The molecule has 0 amide bonds. The Morgan fingerprint density at radius 3 is 1.97 bits per heavy atom. The highest BCUT2D eigenvalue weighted by Gasteiger charge is 2.19. The number of benzene rings is 3. The van der Waals surface area contributed by atoms with Gasteiger partial charge in [0.2, 0.25) is 0 Å². The lowest BCUT2D eigenvalue weighted by Crippen LogP contribution is -2.41. The van der Waals surface area contributed by atoms with Crippen molar-refractivity contribution in [3.63, 3.8) is 0 Å². The molecule has 7 heteroatoms. The average Bonchev–Trinajstić information content (AvgIpc) is 3.32. The molecule has 5 nitrogen and oxygen atoms in total. The van der Waals surface area contributed by atoms with Gasteiger partial charge in [-0.1, -0.05) is 23.2 Å². The number of nitrogens with one attached hydrogen (secondary N) is 2. The molecule has 164 valence electrons. The van der Waals surface area contributed by atoms with Crippen molar-refractivity contribution in [1.82, 2.24) is 14.9 Å². The number of hydrogen-bond donors (Lipinski definition) is 3. The van der Waals surface area contributed by atoms with E-state index in [0.29, 0.717) is 22.7 Å². The molecule has 0 atom stereocenters. The molecule has 0 unspecified atom stereocenters. The van der Waals surface area contributed by atoms with E-state index < -0.39 is 0 Å². The third-order valence-corrected chi connectivity index (χ3v) is 7.10. The van der Waals surface area contributed by atoms with Crippen LogP contribution in [-0.4, -0.2) is 47.2 Å². The molecule has 3 aromatic carbocycles. The summed E-state index contributed by atoms with van der Waals surface area (Å²) in [6.07, 6.45) is 2.09. The van der Waals surface area contributed by atoms with E-state index in [1.807, 2.05) is 36.4 Å². The monoisotopic (exact) mass is 466 g/mol. The lowest BCUT2D eigenvalue weighted by atomic mass is 10.1. The minimum absolute atomic E-state index is 0.330. The molecule has 1 saturated heterocycles. The Labute approximate surface area is 195 Å². The highest BCUT2D eigenvalue weighted by Crippen LogP contribution is 2.41. The maximum absolute atomic E-state index is 6.48. The van der Waals surface area contributed by atoms with Crippen LogP contribution in [0.1, 0.15) is 12.8 Å². The Hall–Kier alpha value is -2.44. The summed E-state index contributed by atoms with van der Waals surface area (Å²) >= 11 is 12.7. The zero-order chi connectivity index (χ0) is 21.8. The first-order valence-corrected chi connectivity index (χ1v) is 11.8. The van der Waals surface area contributed by atoms with Crippen LogP contribution in [-0.2, 0) is 0 Å². The predicted molar refractivity (Wildman–Crippen MR) is 134 cm³/mol. The van der Waals surface area contributed by atoms with Gasteiger partial charge < -0.3 is 20.4 Å². The fraction of sp³-hybridized carbons (Fsp3) is 0.280. The Bertz CT molecular complexity index is 1370. The van der Waals surface area contributed by atoms with Crippen LogP contribution in [0.5, 0.6) is 5.75 Å². The van der Waals surface area contributed by atoms with Crippen LogP contribution in [0.4, 0.5) is 0 Å². The zero-order valence-corrected chi connectivity index (χ0v) is 19.1. The minimum Gasteiger partial charge on any atom is -0.488 e. The quantitative estimate of drug-likeness (QED) is 0.301. The third kappa shape index (κ3) is 3.41. The number of ether oxygens (including phenoxy) is 1. The summed E-state index contributed by atoms with van der Waals surface area (Å²) in [6.45, 7) is 3.54. The fourth-order valence-electron chi connectivity index (χ4n) is 4.89. The Morgan fingerprint density at radius 2 is 1.41 bits per heavy atom. The van der Waals surface area contributed by atoms with E-state index in [-0.39, 0.29) is 0 Å². The molecule has 6 rings (SSSR count). The molecule has 0 saturated carbocycles. The lowest BCUT2D eigenvalue weighted by molar-refractivity contribution is 0.175. The zero-order valence-electron chi connectivity index (χ0n) is 17.6. The SMILES string of the molecule is NC1CCN(CCOc2c3[nH]c4ccc(Cl)cc4c3cc3c2[nH]c2ccc(Cl)cc23)CC1. The summed E-state index contributed by atoms with van der Waals surface area (Å²) in [6, 6.07) is 14.4. The van der Waals surface area contributed by atoms with Gasteiger partial charge in [0.25, 0.3) is 0 Å². The second-order valence-corrected chi connectivity index (χ2v) is 9.58. The molecule has 1 aliphatic heterocycles. The van der Waals surface area contributed by atoms with Gasteiger partial charge >= 0.3 is 0 Å². The van der Waals surface area contributed by atoms with Crippen LogP contribution < -0.4 is 10.5 Å². The number of nitrogens with zero attached hydrogens (tertiary/aromatic N) is 1. The summed E-state index contributed by atoms with van der Waals surface area (Å²) in [5.74, 6) is 0.839. The van der Waals surface area contributed by atoms with E-state index in [0.717, 1.165) is 81.8 Å². The summed E-state index contributed by atoms with van der Waals surface area (Å²) in [5.41, 5.74) is 10.1. The van der Waals surface area contributed by atoms with Gasteiger partial charge in [0.05, 0.1) is 11.0 Å². The average molecular weight is 467 g/mol. The van der Waals surface area contributed by atoms with Crippen LogP contribution >= 0.6 is 23.2 Å². The van der Waals surface area contributed by atoms with Crippen molar-refractivity contribution in [2.75, 3.05) is 26.2 Å². The van der Waals surface area contributed by atoms with E-state index in [1.165, 1.54) is 0 Å². The van der Waals surface area contributed by atoms with Crippen LogP contribution in [0.15, 0.2) is 42.5 Å². The lowest BCUT2D eigenvalue weighted by Gasteiger charge is -2.29. The number of halogens is 2. The smallest absolute Gasteiger partial charge is 0.167 e. The molecular weight excluding hydrogens is 443 g/mol. The van der Waals surface area contributed by atoms with E-state index in [9.17, 15) is 0 Å². The summed E-state index contributed by atoms with van der Waals surface area (Å²) in [4.78, 5) is 9.54. The molecule has 5 aromatic rings. The standard InChI is InChI=1S/C25H24Cl2N4O/c26-14-1-3-21-17(11-14)19-13-20-18-12-15(27)2-4-22(18)30-24(20)25(23(19)29-21)32-10-9-31-7-5-16(28)6-8-31/h1-4,11-13,16,29-30H,5-10,28H2. The van der Waals surface area contributed by atoms with Crippen molar-refractivity contribution in [2.45, 2.75) is 18.9 Å². The van der Waals surface area contributed by atoms with Gasteiger partial charge in [0.15, 0.2) is 5.75 Å². The van der Waals surface area contributed by atoms with Gasteiger partial charge in [-0.05, 0) is 68.4 Å². The molecule has 32 heavy (non-hydrogen) atoms. The highest BCUT2D eigenvalue weighted by molar-refractivity contribution is 6.33. The van der Waals surface area contributed by atoms with E-state index in [2.05, 4.69) is 20.9 Å². The van der Waals surface area contributed by atoms with E-state index in [4.69, 9.17) is 33.7 Å². The first kappa shape index (κ1) is 20.2. The van der Waals surface area contributed by atoms with Crippen LogP contribution in [0, 0.1) is 0 Å². The molecule has 3 heterocycles. The number of likely N-dealkylation sites (tertiary alicyclic amines) is 1. The van der Waals surface area contributed by atoms with Crippen molar-refractivity contribution in [1.29, 1.82) is 0 Å². The number of fused-ring (bicyclic) bond motifs is 6. The number of piperidine rings is 1. The van der Waals surface area contributed by atoms with Crippen molar-refractivity contribution in [3.8, 4) is 5.75 Å². The topological polar surface area (TPSA) is 70.1 Å². The van der Waals surface area contributed by atoms with Gasteiger partial charge in [0.1, 0.15) is 6.61 Å². The molecule has 2 aromatic heterocycles. The summed E-state index contributed by atoms with van der Waals surface area (Å²) < 4.78 is 6.48. The molecule has 4 N–H and O–H groups in total. The van der Waals surface area contributed by atoms with Gasteiger partial charge in [-0.25, -0.2) is 0 Å². The minimum atomic E-state index is 0.330. The van der Waals surface area contributed by atoms with Crippen molar-refractivity contribution < 1.29 is 4.74 Å². The Balaban J connectivity index is 1.48. The molecule has 1 aliphatic rings. The van der Waals surface area contributed by atoms with E-state index >= 15 is 0 Å². The molecule has 0 bridgehead atoms. The highest BCUT2D eigenvalue weighted by atomic mass is 35.5. The van der Waals surface area contributed by atoms with Gasteiger partial charge in [-0.15, -0.1) is 0 Å². The number of nitrogens with two attached hydrogens (primary N) is 1. The normalized spacial score (nSPS) is 16.1. The van der Waals surface area contributed by atoms with Crippen LogP contribution in [0.2, 0.25) is 10.0 Å². The maximum Gasteiger partial charge on any atom is 0.167 e. The Morgan fingerprint density at radius 1 is 0.844 bits per heavy atom. The van der Waals surface area contributed by atoms with Crippen molar-refractivity contribution >= 4 is 66.8 Å². The number of aromatic nitrogens is 2. The molecule has 0 radical (unpaired) electrons. The van der Waals surface area contributed by atoms with Gasteiger partial charge in [0, 0.05) is 55.2 Å². The first-order valence-electron chi connectivity index (χ1n) is 11.0. The summed E-state index contributed by atoms with van der Waals surface area (Å²) in [7, 11) is 0. The third-order valence-electron chi connectivity index (χ3n) is 6.63. The second kappa shape index (κ2) is 7.85. The summed E-state index contributed by atoms with van der Waals surface area (Å²) in [5, 5.41) is 5.78. The predicted octanol–water partition coefficient (Wildman–Crippen LogP) is 6.06. The molecular formula is C25H24Cl2N4O. The first-order chi connectivity index (χ1) is 15.6.